The summed E-state index contributed by atoms with van der Waals surface area (Å²) >= 11 is 0. The van der Waals surface area contributed by atoms with E-state index in [1.165, 1.54) is 19.4 Å². The summed E-state index contributed by atoms with van der Waals surface area (Å²) in [6.07, 6.45) is 4.71. The maximum atomic E-state index is 14.3. The molecule has 3 aromatic rings. The number of benzene rings is 1. The van der Waals surface area contributed by atoms with Gasteiger partial charge >= 0.3 is 0 Å². The van der Waals surface area contributed by atoms with Crippen molar-refractivity contribution in [3.05, 3.63) is 59.8 Å². The van der Waals surface area contributed by atoms with Crippen molar-refractivity contribution in [1.29, 1.82) is 5.41 Å². The molecular weight excluding hydrogens is 425 g/mol. The molecule has 3 heterocycles. The van der Waals surface area contributed by atoms with Crippen LogP contribution in [0.1, 0.15) is 11.1 Å². The van der Waals surface area contributed by atoms with Gasteiger partial charge in [-0.1, -0.05) is 6.07 Å². The number of hydrogen-bond donors (Lipinski definition) is 3. The third-order valence-corrected chi connectivity index (χ3v) is 5.60. The van der Waals surface area contributed by atoms with Crippen LogP contribution in [0, 0.1) is 11.2 Å². The van der Waals surface area contributed by atoms with Gasteiger partial charge in [-0.25, -0.2) is 4.39 Å². The third-order valence-electron chi connectivity index (χ3n) is 5.60. The maximum Gasteiger partial charge on any atom is 0.170 e. The highest BCUT2D eigenvalue weighted by Gasteiger charge is 2.14. The molecule has 10 heteroatoms. The summed E-state index contributed by atoms with van der Waals surface area (Å²) in [5.41, 5.74) is 2.51. The van der Waals surface area contributed by atoms with E-state index in [0.717, 1.165) is 45.0 Å². The molecular formula is C23H28FN7O2. The highest BCUT2D eigenvalue weighted by molar-refractivity contribution is 6.10. The number of rotatable bonds is 10. The summed E-state index contributed by atoms with van der Waals surface area (Å²) in [6, 6.07) is 8.50. The number of fused-ring (bicyclic) bond motifs is 1. The van der Waals surface area contributed by atoms with Gasteiger partial charge in [0.05, 0.1) is 20.3 Å². The number of aromatic nitrogens is 3. The Labute approximate surface area is 191 Å². The number of halogens is 1. The minimum atomic E-state index is -0.337. The first-order valence-electron chi connectivity index (χ1n) is 10.8. The Balaban J connectivity index is 1.47. The number of pyridine rings is 1. The van der Waals surface area contributed by atoms with Gasteiger partial charge in [-0.3, -0.25) is 9.30 Å². The molecule has 3 N–H and O–H groups in total. The quantitative estimate of drug-likeness (QED) is 0.320. The summed E-state index contributed by atoms with van der Waals surface area (Å²) in [4.78, 5) is 2.34. The standard InChI is InChI=1S/C23H28FN7O2/c1-32-21-4-2-3-20(24)19(21)15-27-22-6-5-18(23-29-28-16-31(22)23)17(13-25)14-26-7-8-30-9-11-33-12-10-30/h2-6,13-14,16,25-27H,7-12,15H2,1H3/b17-14+,25-13?. The van der Waals surface area contributed by atoms with Crippen LogP contribution in [0.2, 0.25) is 0 Å². The highest BCUT2D eigenvalue weighted by Crippen LogP contribution is 2.24. The molecule has 9 nitrogen and oxygen atoms in total. The van der Waals surface area contributed by atoms with Gasteiger partial charge in [0.2, 0.25) is 0 Å². The van der Waals surface area contributed by atoms with Gasteiger partial charge in [-0.05, 0) is 24.3 Å². The number of anilines is 1. The molecule has 1 aromatic carbocycles. The number of methoxy groups -OCH3 is 1. The Hall–Kier alpha value is -3.50. The van der Waals surface area contributed by atoms with Crippen LogP contribution in [0.3, 0.4) is 0 Å². The zero-order valence-electron chi connectivity index (χ0n) is 18.6. The van der Waals surface area contributed by atoms with E-state index in [1.807, 2.05) is 18.3 Å². The van der Waals surface area contributed by atoms with Crippen LogP contribution in [0.25, 0.3) is 11.2 Å². The lowest BCUT2D eigenvalue weighted by Gasteiger charge is -2.26. The molecule has 1 aliphatic heterocycles. The van der Waals surface area contributed by atoms with E-state index in [2.05, 4.69) is 25.7 Å². The van der Waals surface area contributed by atoms with Gasteiger partial charge in [0.25, 0.3) is 0 Å². The smallest absolute Gasteiger partial charge is 0.170 e. The number of morpholine rings is 1. The largest absolute Gasteiger partial charge is 0.496 e. The van der Waals surface area contributed by atoms with E-state index in [4.69, 9.17) is 14.9 Å². The van der Waals surface area contributed by atoms with Crippen molar-refractivity contribution in [1.82, 2.24) is 24.8 Å². The van der Waals surface area contributed by atoms with Crippen LogP contribution < -0.4 is 15.4 Å². The highest BCUT2D eigenvalue weighted by atomic mass is 19.1. The zero-order valence-corrected chi connectivity index (χ0v) is 18.6. The van der Waals surface area contributed by atoms with Gasteiger partial charge in [0, 0.05) is 61.8 Å². The monoisotopic (exact) mass is 453 g/mol. The second-order valence-corrected chi connectivity index (χ2v) is 7.58. The zero-order chi connectivity index (χ0) is 23.0. The molecule has 1 fully saturated rings. The van der Waals surface area contributed by atoms with E-state index >= 15 is 0 Å². The van der Waals surface area contributed by atoms with Crippen molar-refractivity contribution in [2.45, 2.75) is 6.54 Å². The second-order valence-electron chi connectivity index (χ2n) is 7.58. The van der Waals surface area contributed by atoms with Crippen molar-refractivity contribution < 1.29 is 13.9 Å². The fourth-order valence-electron chi connectivity index (χ4n) is 3.79. The van der Waals surface area contributed by atoms with E-state index in [1.54, 1.807) is 22.9 Å². The van der Waals surface area contributed by atoms with Crippen LogP contribution in [-0.4, -0.2) is 72.2 Å². The molecule has 33 heavy (non-hydrogen) atoms. The first kappa shape index (κ1) is 22.7. The van der Waals surface area contributed by atoms with E-state index < -0.39 is 0 Å². The molecule has 0 radical (unpaired) electrons. The van der Waals surface area contributed by atoms with Crippen LogP contribution in [0.5, 0.6) is 5.75 Å². The van der Waals surface area contributed by atoms with Gasteiger partial charge < -0.3 is 25.5 Å². The molecule has 1 saturated heterocycles. The molecule has 1 aliphatic rings. The first-order valence-corrected chi connectivity index (χ1v) is 10.8. The van der Waals surface area contributed by atoms with Gasteiger partial charge in [0.15, 0.2) is 5.65 Å². The van der Waals surface area contributed by atoms with Crippen molar-refractivity contribution in [2.75, 3.05) is 51.8 Å². The molecule has 174 valence electrons. The Morgan fingerprint density at radius 3 is 2.91 bits per heavy atom. The lowest BCUT2D eigenvalue weighted by molar-refractivity contribution is 0.0388. The average Bonchev–Trinajstić information content (AvgIpc) is 3.34. The Morgan fingerprint density at radius 2 is 2.12 bits per heavy atom. The van der Waals surface area contributed by atoms with E-state index in [9.17, 15) is 4.39 Å². The van der Waals surface area contributed by atoms with Crippen molar-refractivity contribution >= 4 is 23.3 Å². The fourth-order valence-corrected chi connectivity index (χ4v) is 3.79. The van der Waals surface area contributed by atoms with E-state index in [-0.39, 0.29) is 12.4 Å². The summed E-state index contributed by atoms with van der Waals surface area (Å²) in [5.74, 6) is 0.848. The lowest BCUT2D eigenvalue weighted by Crippen LogP contribution is -2.39. The maximum absolute atomic E-state index is 14.3. The van der Waals surface area contributed by atoms with Gasteiger partial charge in [0.1, 0.15) is 23.7 Å². The normalized spacial score (nSPS) is 14.9. The number of allylic oxidation sites excluding steroid dienone is 1. The summed E-state index contributed by atoms with van der Waals surface area (Å²) in [5, 5.41) is 22.7. The van der Waals surface area contributed by atoms with Crippen LogP contribution >= 0.6 is 0 Å². The molecule has 0 spiro atoms. The van der Waals surface area contributed by atoms with Crippen molar-refractivity contribution in [3.63, 3.8) is 0 Å². The average molecular weight is 454 g/mol. The SMILES string of the molecule is COc1cccc(F)c1CNc1ccc(/C(C=N)=C/NCCN2CCOCC2)c2nncn12. The molecule has 0 saturated carbocycles. The molecule has 2 aromatic heterocycles. The molecule has 0 unspecified atom stereocenters. The predicted molar refractivity (Wildman–Crippen MR) is 125 cm³/mol. The number of ether oxygens (including phenoxy) is 2. The van der Waals surface area contributed by atoms with Gasteiger partial charge in [-0.2, -0.15) is 0 Å². The van der Waals surface area contributed by atoms with E-state index in [0.29, 0.717) is 28.4 Å². The van der Waals surface area contributed by atoms with Crippen LogP contribution in [0.4, 0.5) is 10.2 Å². The van der Waals surface area contributed by atoms with Crippen molar-refractivity contribution in [3.8, 4) is 5.75 Å². The molecule has 0 aliphatic carbocycles. The Morgan fingerprint density at radius 1 is 1.27 bits per heavy atom. The molecule has 4 rings (SSSR count). The summed E-state index contributed by atoms with van der Waals surface area (Å²) < 4.78 is 26.7. The predicted octanol–water partition coefficient (Wildman–Crippen LogP) is 2.40. The summed E-state index contributed by atoms with van der Waals surface area (Å²) in [7, 11) is 1.52. The minimum absolute atomic E-state index is 0.235. The molecule has 0 amide bonds. The first-order chi connectivity index (χ1) is 16.2. The topological polar surface area (TPSA) is 99.8 Å². The molecule has 0 atom stereocenters. The second kappa shape index (κ2) is 10.9. The Bertz CT molecular complexity index is 1130. The lowest BCUT2D eigenvalue weighted by atomic mass is 10.1. The van der Waals surface area contributed by atoms with Crippen LogP contribution in [0.15, 0.2) is 42.9 Å². The molecule has 0 bridgehead atoms. The van der Waals surface area contributed by atoms with Crippen LogP contribution in [-0.2, 0) is 11.3 Å². The summed E-state index contributed by atoms with van der Waals surface area (Å²) in [6.45, 7) is 5.34. The number of nitrogens with one attached hydrogen (secondary N) is 3. The number of hydrogen-bond acceptors (Lipinski definition) is 8. The van der Waals surface area contributed by atoms with Gasteiger partial charge in [-0.15, -0.1) is 10.2 Å². The third kappa shape index (κ3) is 5.29. The minimum Gasteiger partial charge on any atom is -0.496 e. The number of nitrogens with zero attached hydrogens (tertiary/aromatic N) is 4. The van der Waals surface area contributed by atoms with Crippen molar-refractivity contribution in [2.24, 2.45) is 0 Å². The Kier molecular flexibility index (Phi) is 7.48. The fraction of sp³-hybridized carbons (Fsp3) is 0.348.